The average molecular weight is 414 g/mol. The fraction of sp³-hybridized carbons (Fsp3) is 0.130. The van der Waals surface area contributed by atoms with Crippen LogP contribution in [-0.2, 0) is 6.54 Å². The lowest BCUT2D eigenvalue weighted by molar-refractivity contribution is 0.0912. The first-order chi connectivity index (χ1) is 15.2. The average Bonchev–Trinajstić information content (AvgIpc) is 3.33. The minimum atomic E-state index is -0.484. The number of hydrogen-bond donors (Lipinski definition) is 4. The van der Waals surface area contributed by atoms with Gasteiger partial charge in [-0.25, -0.2) is 9.97 Å². The molecule has 0 spiro atoms. The Morgan fingerprint density at radius 3 is 2.74 bits per heavy atom. The Labute approximate surface area is 179 Å². The van der Waals surface area contributed by atoms with Crippen LogP contribution in [0.15, 0.2) is 79.5 Å². The Morgan fingerprint density at radius 1 is 1.10 bits per heavy atom. The number of anilines is 1. The van der Waals surface area contributed by atoms with Gasteiger partial charge in [0.2, 0.25) is 0 Å². The summed E-state index contributed by atoms with van der Waals surface area (Å²) >= 11 is 0. The Balaban J connectivity index is 1.44. The molecule has 0 saturated heterocycles. The zero-order valence-corrected chi connectivity index (χ0v) is 16.7. The van der Waals surface area contributed by atoms with E-state index in [1.165, 1.54) is 6.33 Å². The Bertz CT molecular complexity index is 1130. The van der Waals surface area contributed by atoms with E-state index in [4.69, 9.17) is 0 Å². The predicted octanol–water partition coefficient (Wildman–Crippen LogP) is 2.94. The van der Waals surface area contributed by atoms with Gasteiger partial charge < -0.3 is 20.7 Å². The first-order valence-corrected chi connectivity index (χ1v) is 9.83. The molecule has 1 amide bonds. The summed E-state index contributed by atoms with van der Waals surface area (Å²) in [5, 5.41) is 15.8. The summed E-state index contributed by atoms with van der Waals surface area (Å²) in [4.78, 5) is 28.3. The molecule has 1 aromatic carbocycles. The second-order valence-electron chi connectivity index (χ2n) is 6.92. The van der Waals surface area contributed by atoms with Crippen LogP contribution in [0.25, 0.3) is 11.3 Å². The zero-order chi connectivity index (χ0) is 21.5. The van der Waals surface area contributed by atoms with Crippen LogP contribution in [-0.4, -0.2) is 37.6 Å². The molecule has 0 aliphatic heterocycles. The van der Waals surface area contributed by atoms with E-state index in [9.17, 15) is 9.90 Å². The van der Waals surface area contributed by atoms with Crippen molar-refractivity contribution in [1.82, 2.24) is 25.3 Å². The number of aliphatic hydroxyl groups is 1. The van der Waals surface area contributed by atoms with Crippen molar-refractivity contribution in [3.05, 3.63) is 96.3 Å². The third-order valence-corrected chi connectivity index (χ3v) is 4.78. The van der Waals surface area contributed by atoms with Crippen molar-refractivity contribution in [3.63, 3.8) is 0 Å². The Hall–Kier alpha value is -4.04. The number of aliphatic hydroxyl groups excluding tert-OH is 1. The van der Waals surface area contributed by atoms with Crippen molar-refractivity contribution in [2.24, 2.45) is 0 Å². The number of amides is 1. The van der Waals surface area contributed by atoms with Crippen molar-refractivity contribution in [2.45, 2.75) is 12.6 Å². The number of benzene rings is 1. The van der Waals surface area contributed by atoms with Crippen molar-refractivity contribution < 1.29 is 9.90 Å². The van der Waals surface area contributed by atoms with E-state index in [-0.39, 0.29) is 12.5 Å². The van der Waals surface area contributed by atoms with Crippen LogP contribution in [0.3, 0.4) is 0 Å². The van der Waals surface area contributed by atoms with E-state index < -0.39 is 6.04 Å². The highest BCUT2D eigenvalue weighted by Crippen LogP contribution is 2.21. The van der Waals surface area contributed by atoms with Crippen LogP contribution in [0, 0.1) is 0 Å². The van der Waals surface area contributed by atoms with Gasteiger partial charge in [0.25, 0.3) is 5.91 Å². The van der Waals surface area contributed by atoms with Gasteiger partial charge in [0.1, 0.15) is 17.8 Å². The second-order valence-corrected chi connectivity index (χ2v) is 6.92. The Morgan fingerprint density at radius 2 is 1.97 bits per heavy atom. The largest absolute Gasteiger partial charge is 0.394 e. The predicted molar refractivity (Wildman–Crippen MR) is 117 cm³/mol. The van der Waals surface area contributed by atoms with E-state index in [0.717, 1.165) is 16.7 Å². The molecule has 0 bridgehead atoms. The first kappa shape index (κ1) is 20.2. The number of aromatic amines is 1. The Kier molecular flexibility index (Phi) is 6.29. The first-order valence-electron chi connectivity index (χ1n) is 9.83. The lowest BCUT2D eigenvalue weighted by atomic mass is 10.1. The lowest BCUT2D eigenvalue weighted by Gasteiger charge is -2.16. The van der Waals surface area contributed by atoms with E-state index in [2.05, 4.69) is 30.6 Å². The number of nitrogens with zero attached hydrogens (tertiary/aromatic N) is 3. The highest BCUT2D eigenvalue weighted by Gasteiger charge is 2.16. The van der Waals surface area contributed by atoms with Gasteiger partial charge in [0, 0.05) is 36.8 Å². The van der Waals surface area contributed by atoms with E-state index >= 15 is 0 Å². The molecule has 1 atom stereocenters. The molecule has 8 nitrogen and oxygen atoms in total. The maximum absolute atomic E-state index is 12.7. The van der Waals surface area contributed by atoms with E-state index in [1.807, 2.05) is 48.5 Å². The molecule has 0 aliphatic rings. The van der Waals surface area contributed by atoms with Gasteiger partial charge >= 0.3 is 0 Å². The van der Waals surface area contributed by atoms with Crippen LogP contribution in [0.1, 0.15) is 27.7 Å². The maximum atomic E-state index is 12.7. The van der Waals surface area contributed by atoms with Crippen molar-refractivity contribution in [2.75, 3.05) is 11.9 Å². The summed E-state index contributed by atoms with van der Waals surface area (Å²) < 4.78 is 0. The number of hydrogen-bond acceptors (Lipinski definition) is 6. The van der Waals surface area contributed by atoms with Gasteiger partial charge in [-0.15, -0.1) is 0 Å². The molecule has 0 fully saturated rings. The molecule has 0 saturated carbocycles. The molecule has 3 heterocycles. The lowest BCUT2D eigenvalue weighted by Crippen LogP contribution is -2.30. The van der Waals surface area contributed by atoms with Crippen molar-refractivity contribution in [1.29, 1.82) is 0 Å². The molecule has 8 heteroatoms. The van der Waals surface area contributed by atoms with E-state index in [0.29, 0.717) is 23.8 Å². The normalized spacial score (nSPS) is 11.6. The summed E-state index contributed by atoms with van der Waals surface area (Å²) in [6, 6.07) is 16.3. The standard InChI is InChI=1S/C23H22N6O2/c30-14-21(17-6-2-1-3-7-17)29-23(31)20-9-18(13-25-20)19-10-22(28-15-27-19)26-12-16-5-4-8-24-11-16/h1-11,13,15,21,25,30H,12,14H2,(H,29,31)(H,26,27,28). The fourth-order valence-corrected chi connectivity index (χ4v) is 3.14. The number of carbonyl (C=O) groups excluding carboxylic acids is 1. The number of aromatic nitrogens is 4. The summed E-state index contributed by atoms with van der Waals surface area (Å²) in [6.45, 7) is 0.397. The van der Waals surface area contributed by atoms with Gasteiger partial charge in [0.05, 0.1) is 18.3 Å². The monoisotopic (exact) mass is 414 g/mol. The summed E-state index contributed by atoms with van der Waals surface area (Å²) in [6.07, 6.45) is 6.72. The summed E-state index contributed by atoms with van der Waals surface area (Å²) in [5.41, 5.74) is 3.70. The molecular weight excluding hydrogens is 392 g/mol. The van der Waals surface area contributed by atoms with Crippen LogP contribution < -0.4 is 10.6 Å². The minimum absolute atomic E-state index is 0.193. The molecule has 156 valence electrons. The second kappa shape index (κ2) is 9.64. The van der Waals surface area contributed by atoms with E-state index in [1.54, 1.807) is 24.7 Å². The van der Waals surface area contributed by atoms with Crippen LogP contribution in [0.4, 0.5) is 5.82 Å². The van der Waals surface area contributed by atoms with Gasteiger partial charge in [-0.2, -0.15) is 0 Å². The molecule has 31 heavy (non-hydrogen) atoms. The van der Waals surface area contributed by atoms with Crippen LogP contribution >= 0.6 is 0 Å². The number of rotatable bonds is 8. The zero-order valence-electron chi connectivity index (χ0n) is 16.7. The molecule has 0 radical (unpaired) electrons. The van der Waals surface area contributed by atoms with Crippen LogP contribution in [0.5, 0.6) is 0 Å². The van der Waals surface area contributed by atoms with Gasteiger partial charge in [0.15, 0.2) is 0 Å². The highest BCUT2D eigenvalue weighted by atomic mass is 16.3. The molecule has 3 aromatic heterocycles. The molecular formula is C23H22N6O2. The summed E-state index contributed by atoms with van der Waals surface area (Å²) in [7, 11) is 0. The van der Waals surface area contributed by atoms with Gasteiger partial charge in [-0.05, 0) is 23.3 Å². The third kappa shape index (κ3) is 5.12. The topological polar surface area (TPSA) is 116 Å². The summed E-state index contributed by atoms with van der Waals surface area (Å²) in [5.74, 6) is 0.364. The number of carbonyl (C=O) groups is 1. The van der Waals surface area contributed by atoms with Crippen LogP contribution in [0.2, 0.25) is 0 Å². The quantitative estimate of drug-likeness (QED) is 0.352. The number of pyridine rings is 1. The van der Waals surface area contributed by atoms with Crippen molar-refractivity contribution >= 4 is 11.7 Å². The smallest absolute Gasteiger partial charge is 0.268 e. The maximum Gasteiger partial charge on any atom is 0.268 e. The number of nitrogens with one attached hydrogen (secondary N) is 3. The fourth-order valence-electron chi connectivity index (χ4n) is 3.14. The SMILES string of the molecule is O=C(NC(CO)c1ccccc1)c1cc(-c2cc(NCc3cccnc3)ncn2)c[nH]1. The van der Waals surface area contributed by atoms with Gasteiger partial charge in [-0.1, -0.05) is 36.4 Å². The third-order valence-electron chi connectivity index (χ3n) is 4.78. The minimum Gasteiger partial charge on any atom is -0.394 e. The molecule has 4 rings (SSSR count). The molecule has 4 N–H and O–H groups in total. The van der Waals surface area contributed by atoms with Crippen molar-refractivity contribution in [3.8, 4) is 11.3 Å². The number of H-pyrrole nitrogens is 1. The molecule has 0 aliphatic carbocycles. The van der Waals surface area contributed by atoms with Gasteiger partial charge in [-0.3, -0.25) is 9.78 Å². The molecule has 4 aromatic rings. The molecule has 1 unspecified atom stereocenters. The highest BCUT2D eigenvalue weighted by molar-refractivity contribution is 5.94.